The number of urea groups is 1. The van der Waals surface area contributed by atoms with Crippen molar-refractivity contribution in [3.63, 3.8) is 0 Å². The molecule has 1 saturated heterocycles. The molecule has 12 heteroatoms. The predicted molar refractivity (Wildman–Crippen MR) is 161 cm³/mol. The van der Waals surface area contributed by atoms with Gasteiger partial charge in [-0.05, 0) is 25.1 Å². The van der Waals surface area contributed by atoms with Crippen LogP contribution in [0.25, 0.3) is 26.6 Å². The smallest absolute Gasteiger partial charge is 0.324 e. The van der Waals surface area contributed by atoms with Gasteiger partial charge >= 0.3 is 6.03 Å². The van der Waals surface area contributed by atoms with E-state index >= 15 is 0 Å². The standard InChI is InChI=1S/C29H34N8O3S/c1-18-16-36(12-11-30-18)13-14-39-25-10-9-22-26(34-25)41-28-32-21(17-37(22)28)19-5-7-20(8-6-19)31-27(38)33-24-15-23(40-35-24)29(2,3)4/h5-10,15,17-18,30H,11-14,16H2,1-4H3,(H2,31,33,35,38)/t18-/m1/s1. The summed E-state index contributed by atoms with van der Waals surface area (Å²) in [7, 11) is 0. The van der Waals surface area contributed by atoms with Gasteiger partial charge in [0.15, 0.2) is 10.8 Å². The monoisotopic (exact) mass is 574 g/mol. The second-order valence-electron chi connectivity index (χ2n) is 11.3. The number of anilines is 2. The Morgan fingerprint density at radius 1 is 1.17 bits per heavy atom. The molecular formula is C29H34N8O3S. The zero-order valence-corrected chi connectivity index (χ0v) is 24.4. The highest BCUT2D eigenvalue weighted by molar-refractivity contribution is 7.23. The number of imidazole rings is 1. The summed E-state index contributed by atoms with van der Waals surface area (Å²) in [6.07, 6.45) is 2.01. The minimum atomic E-state index is -0.394. The highest BCUT2D eigenvalue weighted by Gasteiger charge is 2.20. The van der Waals surface area contributed by atoms with Crippen LogP contribution in [0, 0.1) is 0 Å². The van der Waals surface area contributed by atoms with Crippen LogP contribution in [0.5, 0.6) is 5.88 Å². The topological polar surface area (TPSA) is 122 Å². The third-order valence-corrected chi connectivity index (χ3v) is 7.94. The largest absolute Gasteiger partial charge is 0.476 e. The first-order valence-corrected chi connectivity index (χ1v) is 14.6. The lowest BCUT2D eigenvalue weighted by Crippen LogP contribution is -2.50. The van der Waals surface area contributed by atoms with Crippen molar-refractivity contribution in [2.45, 2.75) is 39.2 Å². The molecule has 5 aromatic rings. The van der Waals surface area contributed by atoms with Crippen molar-refractivity contribution in [3.05, 3.63) is 54.4 Å². The Morgan fingerprint density at radius 3 is 2.76 bits per heavy atom. The van der Waals surface area contributed by atoms with E-state index in [1.54, 1.807) is 6.07 Å². The van der Waals surface area contributed by atoms with Gasteiger partial charge in [0, 0.05) is 67.2 Å². The summed E-state index contributed by atoms with van der Waals surface area (Å²) in [6, 6.07) is 13.4. The maximum Gasteiger partial charge on any atom is 0.324 e. The number of pyridine rings is 1. The molecule has 0 spiro atoms. The summed E-state index contributed by atoms with van der Waals surface area (Å²) in [4.78, 5) is 26.1. The molecule has 0 aliphatic carbocycles. The molecule has 0 radical (unpaired) electrons. The lowest BCUT2D eigenvalue weighted by molar-refractivity contribution is 0.168. The van der Waals surface area contributed by atoms with Crippen LogP contribution < -0.4 is 20.7 Å². The summed E-state index contributed by atoms with van der Waals surface area (Å²) >= 11 is 1.53. The molecule has 0 unspecified atom stereocenters. The molecule has 4 aromatic heterocycles. The molecule has 3 N–H and O–H groups in total. The minimum absolute atomic E-state index is 0.190. The van der Waals surface area contributed by atoms with E-state index in [2.05, 4.69) is 37.3 Å². The van der Waals surface area contributed by atoms with E-state index in [0.717, 1.165) is 52.7 Å². The fraction of sp³-hybridized carbons (Fsp3) is 0.379. The number of hydrogen-bond acceptors (Lipinski definition) is 9. The normalized spacial score (nSPS) is 16.3. The molecule has 6 rings (SSSR count). The van der Waals surface area contributed by atoms with Crippen molar-refractivity contribution in [1.82, 2.24) is 29.7 Å². The first-order chi connectivity index (χ1) is 19.7. The number of amides is 2. The number of aromatic nitrogens is 4. The van der Waals surface area contributed by atoms with Crippen LogP contribution in [-0.2, 0) is 5.41 Å². The Bertz CT molecular complexity index is 1670. The average molecular weight is 575 g/mol. The summed E-state index contributed by atoms with van der Waals surface area (Å²) in [5.41, 5.74) is 3.24. The van der Waals surface area contributed by atoms with Gasteiger partial charge < -0.3 is 19.9 Å². The quantitative estimate of drug-likeness (QED) is 0.242. The van der Waals surface area contributed by atoms with E-state index in [4.69, 9.17) is 19.2 Å². The van der Waals surface area contributed by atoms with Gasteiger partial charge in [0.1, 0.15) is 17.2 Å². The van der Waals surface area contributed by atoms with E-state index in [1.165, 1.54) is 11.3 Å². The Labute approximate surface area is 241 Å². The van der Waals surface area contributed by atoms with Crippen molar-refractivity contribution < 1.29 is 14.1 Å². The Hall–Kier alpha value is -4.00. The number of nitrogens with zero attached hydrogens (tertiary/aromatic N) is 5. The number of thiazole rings is 1. The molecule has 2 amide bonds. The fourth-order valence-corrected chi connectivity index (χ4v) is 5.75. The number of rotatable bonds is 7. The SMILES string of the molecule is C[C@@H]1CN(CCOc2ccc3c(n2)sc2nc(-c4ccc(NC(=O)Nc5cc(C(C)(C)C)on5)cc4)cn23)CCN1. The van der Waals surface area contributed by atoms with Crippen LogP contribution in [0.4, 0.5) is 16.3 Å². The lowest BCUT2D eigenvalue weighted by Gasteiger charge is -2.31. The van der Waals surface area contributed by atoms with Crippen molar-refractivity contribution in [1.29, 1.82) is 0 Å². The number of ether oxygens (including phenoxy) is 1. The number of nitrogens with one attached hydrogen (secondary N) is 3. The number of benzene rings is 1. The average Bonchev–Trinajstić information content (AvgIpc) is 3.64. The van der Waals surface area contributed by atoms with Gasteiger partial charge in [-0.1, -0.05) is 49.4 Å². The zero-order chi connectivity index (χ0) is 28.6. The third kappa shape index (κ3) is 6.19. The predicted octanol–water partition coefficient (Wildman–Crippen LogP) is 5.21. The van der Waals surface area contributed by atoms with E-state index < -0.39 is 6.03 Å². The van der Waals surface area contributed by atoms with Crippen LogP contribution in [0.15, 0.2) is 53.2 Å². The highest BCUT2D eigenvalue weighted by Crippen LogP contribution is 2.30. The number of hydrogen-bond donors (Lipinski definition) is 3. The second-order valence-corrected chi connectivity index (χ2v) is 12.3. The first kappa shape index (κ1) is 27.2. The molecule has 1 aromatic carbocycles. The summed E-state index contributed by atoms with van der Waals surface area (Å²) in [5.74, 6) is 1.70. The third-order valence-electron chi connectivity index (χ3n) is 6.98. The highest BCUT2D eigenvalue weighted by atomic mass is 32.1. The molecule has 1 aliphatic heterocycles. The second kappa shape index (κ2) is 11.1. The van der Waals surface area contributed by atoms with E-state index in [1.807, 2.05) is 63.4 Å². The molecular weight excluding hydrogens is 540 g/mol. The number of carbonyl (C=O) groups is 1. The van der Waals surface area contributed by atoms with Crippen LogP contribution in [0.3, 0.4) is 0 Å². The maximum atomic E-state index is 12.4. The molecule has 0 bridgehead atoms. The van der Waals surface area contributed by atoms with Crippen LogP contribution in [-0.4, -0.2) is 69.3 Å². The maximum absolute atomic E-state index is 12.4. The zero-order valence-electron chi connectivity index (χ0n) is 23.6. The van der Waals surface area contributed by atoms with E-state index in [9.17, 15) is 4.79 Å². The van der Waals surface area contributed by atoms with Gasteiger partial charge in [-0.15, -0.1) is 0 Å². The molecule has 1 atom stereocenters. The summed E-state index contributed by atoms with van der Waals surface area (Å²) in [6.45, 7) is 12.9. The van der Waals surface area contributed by atoms with Crippen molar-refractivity contribution >= 4 is 44.2 Å². The molecule has 5 heterocycles. The van der Waals surface area contributed by atoms with Crippen LogP contribution in [0.2, 0.25) is 0 Å². The molecule has 11 nitrogen and oxygen atoms in total. The van der Waals surface area contributed by atoms with Crippen molar-refractivity contribution in [2.24, 2.45) is 0 Å². The Balaban J connectivity index is 1.07. The number of carbonyl (C=O) groups excluding carboxylic acids is 1. The lowest BCUT2D eigenvalue weighted by atomic mass is 9.93. The molecule has 1 aliphatic rings. The Morgan fingerprint density at radius 2 is 2.00 bits per heavy atom. The summed E-state index contributed by atoms with van der Waals surface area (Å²) < 4.78 is 13.3. The Kier molecular flexibility index (Phi) is 7.37. The fourth-order valence-electron chi connectivity index (χ4n) is 4.77. The van der Waals surface area contributed by atoms with Gasteiger partial charge in [-0.25, -0.2) is 14.8 Å². The molecule has 214 valence electrons. The van der Waals surface area contributed by atoms with Gasteiger partial charge in [0.2, 0.25) is 5.88 Å². The van der Waals surface area contributed by atoms with Gasteiger partial charge in [-0.3, -0.25) is 14.6 Å². The van der Waals surface area contributed by atoms with Crippen LogP contribution >= 0.6 is 11.3 Å². The van der Waals surface area contributed by atoms with E-state index in [-0.39, 0.29) is 5.41 Å². The van der Waals surface area contributed by atoms with Crippen molar-refractivity contribution in [2.75, 3.05) is 43.4 Å². The number of piperazine rings is 1. The van der Waals surface area contributed by atoms with Gasteiger partial charge in [0.25, 0.3) is 0 Å². The number of fused-ring (bicyclic) bond motifs is 3. The molecule has 1 fully saturated rings. The van der Waals surface area contributed by atoms with Crippen LogP contribution in [0.1, 0.15) is 33.5 Å². The van der Waals surface area contributed by atoms with Gasteiger partial charge in [-0.2, -0.15) is 0 Å². The van der Waals surface area contributed by atoms with Crippen molar-refractivity contribution in [3.8, 4) is 17.1 Å². The first-order valence-electron chi connectivity index (χ1n) is 13.7. The van der Waals surface area contributed by atoms with E-state index in [0.29, 0.717) is 35.8 Å². The molecule has 0 saturated carbocycles. The molecule has 41 heavy (non-hydrogen) atoms. The minimum Gasteiger partial charge on any atom is -0.476 e. The summed E-state index contributed by atoms with van der Waals surface area (Å²) in [5, 5.41) is 12.9. The van der Waals surface area contributed by atoms with Gasteiger partial charge in [0.05, 0.1) is 11.2 Å².